The second kappa shape index (κ2) is 5.53. The number of hydrogen-bond donors (Lipinski definition) is 1. The van der Waals surface area contributed by atoms with E-state index in [0.29, 0.717) is 12.1 Å². The van der Waals surface area contributed by atoms with Gasteiger partial charge in [-0.25, -0.2) is 0 Å². The second-order valence-corrected chi connectivity index (χ2v) is 4.29. The van der Waals surface area contributed by atoms with Crippen molar-refractivity contribution < 1.29 is 9.66 Å². The van der Waals surface area contributed by atoms with Crippen molar-refractivity contribution in [3.05, 3.63) is 46.2 Å². The van der Waals surface area contributed by atoms with Crippen LogP contribution >= 0.6 is 0 Å². The van der Waals surface area contributed by atoms with E-state index < -0.39 is 0 Å². The third-order valence-electron chi connectivity index (χ3n) is 3.04. The number of ether oxygens (including phenoxy) is 1. The highest BCUT2D eigenvalue weighted by Gasteiger charge is 2.15. The minimum Gasteiger partial charge on any atom is -0.497 e. The van der Waals surface area contributed by atoms with Crippen LogP contribution < -0.4 is 5.32 Å². The molecule has 5 nitrogen and oxygen atoms in total. The molecule has 0 amide bonds. The minimum absolute atomic E-state index is 0.133. The van der Waals surface area contributed by atoms with Gasteiger partial charge in [0, 0.05) is 17.3 Å². The maximum absolute atomic E-state index is 10.8. The van der Waals surface area contributed by atoms with Crippen LogP contribution in [0.5, 0.6) is 0 Å². The molecule has 1 heterocycles. The Balaban J connectivity index is 2.03. The van der Waals surface area contributed by atoms with Gasteiger partial charge in [-0.05, 0) is 31.9 Å². The largest absolute Gasteiger partial charge is 0.497 e. The van der Waals surface area contributed by atoms with Gasteiger partial charge in [-0.2, -0.15) is 0 Å². The van der Waals surface area contributed by atoms with Gasteiger partial charge in [0.05, 0.1) is 17.7 Å². The maximum Gasteiger partial charge on any atom is 0.274 e. The highest BCUT2D eigenvalue weighted by molar-refractivity contribution is 5.59. The topological polar surface area (TPSA) is 64.4 Å². The van der Waals surface area contributed by atoms with E-state index >= 15 is 0 Å². The van der Waals surface area contributed by atoms with E-state index in [4.69, 9.17) is 4.74 Å². The molecule has 1 unspecified atom stereocenters. The minimum atomic E-state index is -0.361. The van der Waals surface area contributed by atoms with Crippen LogP contribution in [0, 0.1) is 17.0 Å². The number of nitrogens with zero attached hydrogens (tertiary/aromatic N) is 1. The monoisotopic (exact) mass is 248 g/mol. The van der Waals surface area contributed by atoms with E-state index in [-0.39, 0.29) is 16.7 Å². The van der Waals surface area contributed by atoms with Gasteiger partial charge in [-0.15, -0.1) is 0 Å². The normalized spacial score (nSPS) is 18.2. The Morgan fingerprint density at radius 2 is 2.39 bits per heavy atom. The molecule has 1 aromatic carbocycles. The fraction of sp³-hybridized carbons (Fsp3) is 0.385. The Hall–Kier alpha value is -2.04. The summed E-state index contributed by atoms with van der Waals surface area (Å²) in [6, 6.07) is 5.05. The smallest absolute Gasteiger partial charge is 0.274 e. The molecular formula is C13H16N2O3. The summed E-state index contributed by atoms with van der Waals surface area (Å²) in [7, 11) is 0. The molecule has 1 aliphatic rings. The molecule has 2 rings (SSSR count). The van der Waals surface area contributed by atoms with Crippen LogP contribution in [0.3, 0.4) is 0 Å². The first kappa shape index (κ1) is 12.4. The average Bonchev–Trinajstić information content (AvgIpc) is 2.38. The van der Waals surface area contributed by atoms with Gasteiger partial charge in [0.15, 0.2) is 0 Å². The molecular weight excluding hydrogens is 232 g/mol. The zero-order chi connectivity index (χ0) is 13.0. The Morgan fingerprint density at radius 3 is 3.06 bits per heavy atom. The summed E-state index contributed by atoms with van der Waals surface area (Å²) in [5.41, 5.74) is 1.60. The van der Waals surface area contributed by atoms with Crippen molar-refractivity contribution in [2.75, 3.05) is 11.9 Å². The molecule has 18 heavy (non-hydrogen) atoms. The van der Waals surface area contributed by atoms with Gasteiger partial charge in [-0.1, -0.05) is 6.07 Å². The number of nitro benzene ring substituents is 1. The summed E-state index contributed by atoms with van der Waals surface area (Å²) in [6.45, 7) is 2.41. The van der Waals surface area contributed by atoms with Crippen molar-refractivity contribution in [1.82, 2.24) is 0 Å². The first-order valence-corrected chi connectivity index (χ1v) is 5.97. The molecule has 1 aromatic rings. The van der Waals surface area contributed by atoms with Crippen LogP contribution in [-0.4, -0.2) is 17.6 Å². The van der Waals surface area contributed by atoms with Gasteiger partial charge < -0.3 is 10.1 Å². The standard InChI is InChI=1S/C13H16N2O3/c1-10-12(6-4-7-13(10)15(16)17)14-9-11-5-2-3-8-18-11/h3-4,6-8,11,14H,2,5,9H2,1H3. The van der Waals surface area contributed by atoms with E-state index in [2.05, 4.69) is 5.32 Å². The van der Waals surface area contributed by atoms with Gasteiger partial charge >= 0.3 is 0 Å². The average molecular weight is 248 g/mol. The molecule has 0 bridgehead atoms. The third-order valence-corrected chi connectivity index (χ3v) is 3.04. The zero-order valence-electron chi connectivity index (χ0n) is 10.3. The van der Waals surface area contributed by atoms with Gasteiger partial charge in [0.2, 0.25) is 0 Å². The molecule has 0 aliphatic carbocycles. The number of benzene rings is 1. The second-order valence-electron chi connectivity index (χ2n) is 4.29. The fourth-order valence-corrected chi connectivity index (χ4v) is 1.97. The lowest BCUT2D eigenvalue weighted by atomic mass is 10.1. The molecule has 0 fully saturated rings. The lowest BCUT2D eigenvalue weighted by Gasteiger charge is -2.20. The number of hydrogen-bond acceptors (Lipinski definition) is 4. The molecule has 96 valence electrons. The third kappa shape index (κ3) is 2.80. The summed E-state index contributed by atoms with van der Waals surface area (Å²) in [5, 5.41) is 14.0. The number of allylic oxidation sites excluding steroid dienone is 1. The van der Waals surface area contributed by atoms with Crippen LogP contribution in [0.25, 0.3) is 0 Å². The Kier molecular flexibility index (Phi) is 3.82. The molecule has 1 aliphatic heterocycles. The molecule has 0 spiro atoms. The zero-order valence-corrected chi connectivity index (χ0v) is 10.3. The molecule has 5 heteroatoms. The number of nitrogens with one attached hydrogen (secondary N) is 1. The van der Waals surface area contributed by atoms with E-state index in [0.717, 1.165) is 18.5 Å². The van der Waals surface area contributed by atoms with Crippen LogP contribution in [0.15, 0.2) is 30.5 Å². The van der Waals surface area contributed by atoms with Gasteiger partial charge in [-0.3, -0.25) is 10.1 Å². The predicted molar refractivity (Wildman–Crippen MR) is 69.6 cm³/mol. The van der Waals surface area contributed by atoms with Crippen LogP contribution in [0.1, 0.15) is 18.4 Å². The van der Waals surface area contributed by atoms with Gasteiger partial charge in [0.25, 0.3) is 5.69 Å². The number of nitro groups is 1. The van der Waals surface area contributed by atoms with Crippen molar-refractivity contribution >= 4 is 11.4 Å². The molecule has 1 atom stereocenters. The van der Waals surface area contributed by atoms with Crippen molar-refractivity contribution in [1.29, 1.82) is 0 Å². The van der Waals surface area contributed by atoms with Crippen molar-refractivity contribution in [3.63, 3.8) is 0 Å². The van der Waals surface area contributed by atoms with E-state index in [9.17, 15) is 10.1 Å². The van der Waals surface area contributed by atoms with Crippen molar-refractivity contribution in [3.8, 4) is 0 Å². The molecule has 0 saturated heterocycles. The quantitative estimate of drug-likeness (QED) is 0.657. The fourth-order valence-electron chi connectivity index (χ4n) is 1.97. The summed E-state index contributed by atoms with van der Waals surface area (Å²) in [4.78, 5) is 10.5. The molecule has 0 radical (unpaired) electrons. The highest BCUT2D eigenvalue weighted by atomic mass is 16.6. The van der Waals surface area contributed by atoms with Crippen molar-refractivity contribution in [2.45, 2.75) is 25.9 Å². The lowest BCUT2D eigenvalue weighted by molar-refractivity contribution is -0.385. The first-order chi connectivity index (χ1) is 8.68. The van der Waals surface area contributed by atoms with Crippen LogP contribution in [0.2, 0.25) is 0 Å². The molecule has 1 N–H and O–H groups in total. The Morgan fingerprint density at radius 1 is 1.56 bits per heavy atom. The Labute approximate surface area is 106 Å². The van der Waals surface area contributed by atoms with E-state index in [1.54, 1.807) is 19.3 Å². The SMILES string of the molecule is Cc1c(NCC2CCC=CO2)cccc1[N+](=O)[O-]. The van der Waals surface area contributed by atoms with Crippen LogP contribution in [0.4, 0.5) is 11.4 Å². The van der Waals surface area contributed by atoms with Gasteiger partial charge in [0.1, 0.15) is 6.10 Å². The van der Waals surface area contributed by atoms with Crippen LogP contribution in [-0.2, 0) is 4.74 Å². The highest BCUT2D eigenvalue weighted by Crippen LogP contribution is 2.25. The summed E-state index contributed by atoms with van der Waals surface area (Å²) >= 11 is 0. The maximum atomic E-state index is 10.8. The van der Waals surface area contributed by atoms with Crippen molar-refractivity contribution in [2.24, 2.45) is 0 Å². The lowest BCUT2D eigenvalue weighted by Crippen LogP contribution is -2.23. The number of rotatable bonds is 4. The number of anilines is 1. The Bertz CT molecular complexity index is 471. The van der Waals surface area contributed by atoms with E-state index in [1.165, 1.54) is 6.07 Å². The molecule has 0 aromatic heterocycles. The van der Waals surface area contributed by atoms with E-state index in [1.807, 2.05) is 12.1 Å². The predicted octanol–water partition coefficient (Wildman–Crippen LogP) is 3.01. The summed E-state index contributed by atoms with van der Waals surface area (Å²) in [6.07, 6.45) is 5.83. The summed E-state index contributed by atoms with van der Waals surface area (Å²) in [5.74, 6) is 0. The summed E-state index contributed by atoms with van der Waals surface area (Å²) < 4.78 is 5.44. The first-order valence-electron chi connectivity index (χ1n) is 5.97. The molecule has 0 saturated carbocycles.